The Kier molecular flexibility index (Phi) is 5.62. The molecule has 1 spiro atoms. The number of carbonyl (C=O) groups excluding carboxylic acids is 1. The van der Waals surface area contributed by atoms with Gasteiger partial charge in [-0.25, -0.2) is 9.78 Å². The van der Waals surface area contributed by atoms with Crippen molar-refractivity contribution in [3.05, 3.63) is 59.9 Å². The van der Waals surface area contributed by atoms with E-state index in [1.54, 1.807) is 23.2 Å². The summed E-state index contributed by atoms with van der Waals surface area (Å²) in [5, 5.41) is 20.1. The number of aliphatic hydroxyl groups is 1. The van der Waals surface area contributed by atoms with Crippen LogP contribution in [-0.2, 0) is 5.54 Å². The molecule has 2 heterocycles. The van der Waals surface area contributed by atoms with Gasteiger partial charge in [-0.1, -0.05) is 30.3 Å². The largest absolute Gasteiger partial charge is 0.388 e. The predicted octanol–water partition coefficient (Wildman–Crippen LogP) is 3.88. The minimum atomic E-state index is -0.781. The van der Waals surface area contributed by atoms with E-state index in [4.69, 9.17) is 5.26 Å². The standard InChI is InChI=1S/C27H33N5O2/c1-30(2)27(21-7-4-3-5-8-21)15-13-25(14-16-27)19-31(23-10-9-22(17-28)29-18-23)24(33)32(25)20-26(34)11-6-12-26/h3-5,7-10,18,34H,6,11-16,19-20H2,1-2H3/t25-,27-. The molecule has 7 heteroatoms. The Bertz CT molecular complexity index is 1080. The number of aromatic nitrogens is 1. The third-order valence-corrected chi connectivity index (χ3v) is 8.57. The summed E-state index contributed by atoms with van der Waals surface area (Å²) in [6, 6.07) is 16.1. The molecule has 34 heavy (non-hydrogen) atoms. The number of benzene rings is 1. The van der Waals surface area contributed by atoms with E-state index in [1.807, 2.05) is 11.0 Å². The molecule has 7 nitrogen and oxygen atoms in total. The average molecular weight is 460 g/mol. The topological polar surface area (TPSA) is 83.7 Å². The van der Waals surface area contributed by atoms with Gasteiger partial charge in [-0.3, -0.25) is 9.80 Å². The van der Waals surface area contributed by atoms with Gasteiger partial charge in [0.1, 0.15) is 11.8 Å². The molecule has 0 bridgehead atoms. The molecule has 1 aliphatic heterocycles. The number of nitriles is 1. The molecule has 2 saturated carbocycles. The fourth-order valence-corrected chi connectivity index (χ4v) is 6.18. The predicted molar refractivity (Wildman–Crippen MR) is 130 cm³/mol. The first kappa shape index (κ1) is 22.8. The van der Waals surface area contributed by atoms with Crippen molar-refractivity contribution in [1.29, 1.82) is 5.26 Å². The van der Waals surface area contributed by atoms with Gasteiger partial charge in [0.15, 0.2) is 0 Å². The van der Waals surface area contributed by atoms with Crippen LogP contribution < -0.4 is 4.90 Å². The van der Waals surface area contributed by atoms with E-state index < -0.39 is 5.60 Å². The molecule has 0 atom stereocenters. The van der Waals surface area contributed by atoms with Crippen molar-refractivity contribution < 1.29 is 9.90 Å². The Morgan fingerprint density at radius 1 is 1.06 bits per heavy atom. The van der Waals surface area contributed by atoms with Gasteiger partial charge in [0.05, 0.1) is 36.1 Å². The van der Waals surface area contributed by atoms with Crippen molar-refractivity contribution in [3.63, 3.8) is 0 Å². The zero-order valence-electron chi connectivity index (χ0n) is 20.1. The zero-order valence-corrected chi connectivity index (χ0v) is 20.1. The second-order valence-electron chi connectivity index (χ2n) is 10.6. The molecule has 3 fully saturated rings. The molecule has 2 aliphatic carbocycles. The maximum absolute atomic E-state index is 13.8. The average Bonchev–Trinajstić information content (AvgIpc) is 3.10. The van der Waals surface area contributed by atoms with E-state index >= 15 is 0 Å². The van der Waals surface area contributed by atoms with Crippen molar-refractivity contribution in [3.8, 4) is 6.07 Å². The minimum Gasteiger partial charge on any atom is -0.388 e. The Hall–Kier alpha value is -2.95. The summed E-state index contributed by atoms with van der Waals surface area (Å²) in [7, 11) is 4.29. The second kappa shape index (κ2) is 8.37. The first-order valence-corrected chi connectivity index (χ1v) is 12.2. The van der Waals surface area contributed by atoms with Crippen LogP contribution >= 0.6 is 0 Å². The number of anilines is 1. The summed E-state index contributed by atoms with van der Waals surface area (Å²) < 4.78 is 0. The molecular formula is C27H33N5O2. The Morgan fingerprint density at radius 3 is 2.29 bits per heavy atom. The molecule has 1 aromatic heterocycles. The third-order valence-electron chi connectivity index (χ3n) is 8.57. The molecule has 1 N–H and O–H groups in total. The van der Waals surface area contributed by atoms with Gasteiger partial charge in [-0.15, -0.1) is 0 Å². The van der Waals surface area contributed by atoms with Crippen LogP contribution in [-0.4, -0.2) is 64.2 Å². The number of hydrogen-bond donors (Lipinski definition) is 1. The maximum Gasteiger partial charge on any atom is 0.325 e. The first-order chi connectivity index (χ1) is 16.3. The molecule has 5 rings (SSSR count). The Balaban J connectivity index is 1.46. The highest BCUT2D eigenvalue weighted by Crippen LogP contribution is 2.50. The maximum atomic E-state index is 13.8. The molecular weight excluding hydrogens is 426 g/mol. The SMILES string of the molecule is CN(C)[C@]1(c2ccccc2)CC[C@@]2(CC1)CN(c1ccc(C#N)nc1)C(=O)N2CC1(O)CCC1. The van der Waals surface area contributed by atoms with Gasteiger partial charge in [0, 0.05) is 5.54 Å². The van der Waals surface area contributed by atoms with E-state index in [0.29, 0.717) is 24.5 Å². The number of carbonyl (C=O) groups is 1. The van der Waals surface area contributed by atoms with Crippen LogP contribution in [0.15, 0.2) is 48.7 Å². The molecule has 3 aliphatic rings. The van der Waals surface area contributed by atoms with Crippen LogP contribution in [0.25, 0.3) is 0 Å². The van der Waals surface area contributed by atoms with Crippen molar-refractivity contribution >= 4 is 11.7 Å². The lowest BCUT2D eigenvalue weighted by Gasteiger charge is -2.52. The highest BCUT2D eigenvalue weighted by atomic mass is 16.3. The highest BCUT2D eigenvalue weighted by molar-refractivity contribution is 5.95. The van der Waals surface area contributed by atoms with Crippen molar-refractivity contribution in [2.24, 2.45) is 0 Å². The molecule has 0 unspecified atom stereocenters. The van der Waals surface area contributed by atoms with E-state index in [2.05, 4.69) is 54.3 Å². The lowest BCUT2D eigenvalue weighted by atomic mass is 9.67. The van der Waals surface area contributed by atoms with Crippen LogP contribution in [0.5, 0.6) is 0 Å². The summed E-state index contributed by atoms with van der Waals surface area (Å²) in [5.74, 6) is 0. The summed E-state index contributed by atoms with van der Waals surface area (Å²) >= 11 is 0. The van der Waals surface area contributed by atoms with Crippen LogP contribution in [0.1, 0.15) is 56.2 Å². The number of amides is 2. The molecule has 1 aromatic carbocycles. The van der Waals surface area contributed by atoms with Gasteiger partial charge in [0.25, 0.3) is 0 Å². The number of rotatable bonds is 5. The molecule has 1 saturated heterocycles. The molecule has 2 aromatic rings. The van der Waals surface area contributed by atoms with Gasteiger partial charge < -0.3 is 10.0 Å². The van der Waals surface area contributed by atoms with Gasteiger partial charge >= 0.3 is 6.03 Å². The highest BCUT2D eigenvalue weighted by Gasteiger charge is 2.56. The van der Waals surface area contributed by atoms with Gasteiger partial charge in [0.2, 0.25) is 0 Å². The first-order valence-electron chi connectivity index (χ1n) is 12.2. The molecule has 0 radical (unpaired) electrons. The number of hydrogen-bond acceptors (Lipinski definition) is 5. The lowest BCUT2D eigenvalue weighted by Crippen LogP contribution is -2.59. The number of urea groups is 1. The van der Waals surface area contributed by atoms with Crippen LogP contribution in [0.2, 0.25) is 0 Å². The fraction of sp³-hybridized carbons (Fsp3) is 0.519. The monoisotopic (exact) mass is 459 g/mol. The quantitative estimate of drug-likeness (QED) is 0.734. The second-order valence-corrected chi connectivity index (χ2v) is 10.6. The summed E-state index contributed by atoms with van der Waals surface area (Å²) in [5.41, 5.74) is 1.18. The van der Waals surface area contributed by atoms with E-state index in [9.17, 15) is 9.90 Å². The van der Waals surface area contributed by atoms with E-state index in [0.717, 1.165) is 44.9 Å². The van der Waals surface area contributed by atoms with Crippen LogP contribution in [0, 0.1) is 11.3 Å². The summed E-state index contributed by atoms with van der Waals surface area (Å²) in [6.45, 7) is 0.958. The third kappa shape index (κ3) is 3.66. The van der Waals surface area contributed by atoms with Gasteiger partial charge in [-0.2, -0.15) is 5.26 Å². The minimum absolute atomic E-state index is 0.0658. The lowest BCUT2D eigenvalue weighted by molar-refractivity contribution is -0.0725. The Labute approximate surface area is 201 Å². The zero-order chi connectivity index (χ0) is 24.0. The van der Waals surface area contributed by atoms with Crippen LogP contribution in [0.3, 0.4) is 0 Å². The molecule has 2 amide bonds. The van der Waals surface area contributed by atoms with Crippen LogP contribution in [0.4, 0.5) is 10.5 Å². The summed E-state index contributed by atoms with van der Waals surface area (Å²) in [4.78, 5) is 24.0. The normalized spacial score (nSPS) is 28.3. The number of pyridine rings is 1. The number of nitrogens with zero attached hydrogens (tertiary/aromatic N) is 5. The van der Waals surface area contributed by atoms with Crippen molar-refractivity contribution in [2.75, 3.05) is 32.1 Å². The molecule has 178 valence electrons. The van der Waals surface area contributed by atoms with Gasteiger partial charge in [-0.05, 0) is 76.7 Å². The number of β-amino-alcohol motifs (C(OH)–C–C–N with tert-alkyl or cyclic N) is 1. The Morgan fingerprint density at radius 2 is 1.76 bits per heavy atom. The van der Waals surface area contributed by atoms with E-state index in [-0.39, 0.29) is 17.1 Å². The van der Waals surface area contributed by atoms with Crippen molar-refractivity contribution in [2.45, 2.75) is 61.6 Å². The summed E-state index contributed by atoms with van der Waals surface area (Å²) in [6.07, 6.45) is 7.71. The smallest absolute Gasteiger partial charge is 0.325 e. The van der Waals surface area contributed by atoms with Crippen molar-refractivity contribution in [1.82, 2.24) is 14.8 Å². The van der Waals surface area contributed by atoms with E-state index in [1.165, 1.54) is 5.56 Å². The fourth-order valence-electron chi connectivity index (χ4n) is 6.18.